The Morgan fingerprint density at radius 2 is 1.86 bits per heavy atom. The lowest BCUT2D eigenvalue weighted by molar-refractivity contribution is -0.118. The first-order chi connectivity index (χ1) is 14.0. The number of hydrogen-bond donors (Lipinski definition) is 1. The van der Waals surface area contributed by atoms with Crippen molar-refractivity contribution in [2.75, 3.05) is 19.0 Å². The van der Waals surface area contributed by atoms with E-state index in [4.69, 9.17) is 4.74 Å². The van der Waals surface area contributed by atoms with E-state index in [2.05, 4.69) is 21.2 Å². The lowest BCUT2D eigenvalue weighted by atomic mass is 9.94. The quantitative estimate of drug-likeness (QED) is 0.648. The standard InChI is InChI=1S/C23H27BrN2O3/c1-16-14-17(24)12-13-21(16)29-15-22(27)25-20-11-7-6-10-19(20)23(28)26(2)18-8-4-3-5-9-18/h6-7,10-14,18H,3-5,8-9,15H2,1-2H3,(H,25,27). The summed E-state index contributed by atoms with van der Waals surface area (Å²) in [5.41, 5.74) is 1.96. The first-order valence-corrected chi connectivity index (χ1v) is 10.8. The average Bonchev–Trinajstić information content (AvgIpc) is 2.73. The normalized spacial score (nSPS) is 14.3. The van der Waals surface area contributed by atoms with Gasteiger partial charge in [-0.05, 0) is 55.7 Å². The van der Waals surface area contributed by atoms with E-state index in [9.17, 15) is 9.59 Å². The number of ether oxygens (including phenoxy) is 1. The molecule has 1 aliphatic rings. The number of hydrogen-bond acceptors (Lipinski definition) is 3. The maximum atomic E-state index is 13.0. The molecule has 2 amide bonds. The van der Waals surface area contributed by atoms with E-state index in [0.29, 0.717) is 17.0 Å². The van der Waals surface area contributed by atoms with Crippen LogP contribution in [0.2, 0.25) is 0 Å². The van der Waals surface area contributed by atoms with Gasteiger partial charge >= 0.3 is 0 Å². The van der Waals surface area contributed by atoms with E-state index in [1.165, 1.54) is 6.42 Å². The summed E-state index contributed by atoms with van der Waals surface area (Å²) in [5.74, 6) is 0.301. The molecule has 0 saturated heterocycles. The molecule has 0 aliphatic heterocycles. The zero-order valence-corrected chi connectivity index (χ0v) is 18.5. The Bertz CT molecular complexity index is 878. The highest BCUT2D eigenvalue weighted by Gasteiger charge is 2.24. The summed E-state index contributed by atoms with van der Waals surface area (Å²) < 4.78 is 6.60. The van der Waals surface area contributed by atoms with Crippen LogP contribution in [0.1, 0.15) is 48.0 Å². The molecule has 2 aromatic rings. The Morgan fingerprint density at radius 3 is 2.59 bits per heavy atom. The van der Waals surface area contributed by atoms with Crippen molar-refractivity contribution in [2.45, 2.75) is 45.1 Å². The molecule has 2 aromatic carbocycles. The summed E-state index contributed by atoms with van der Waals surface area (Å²) in [4.78, 5) is 27.3. The second kappa shape index (κ2) is 9.92. The zero-order chi connectivity index (χ0) is 20.8. The molecule has 0 bridgehead atoms. The second-order valence-electron chi connectivity index (χ2n) is 7.50. The van der Waals surface area contributed by atoms with Crippen molar-refractivity contribution < 1.29 is 14.3 Å². The number of rotatable bonds is 6. The number of amides is 2. The van der Waals surface area contributed by atoms with Crippen molar-refractivity contribution >= 4 is 33.4 Å². The van der Waals surface area contributed by atoms with Crippen molar-refractivity contribution in [3.05, 3.63) is 58.1 Å². The largest absolute Gasteiger partial charge is 0.483 e. The number of halogens is 1. The van der Waals surface area contributed by atoms with Gasteiger partial charge in [0, 0.05) is 17.6 Å². The van der Waals surface area contributed by atoms with Crippen LogP contribution in [-0.2, 0) is 4.79 Å². The SMILES string of the molecule is Cc1cc(Br)ccc1OCC(=O)Nc1ccccc1C(=O)N(C)C1CCCCC1. The predicted octanol–water partition coefficient (Wildman–Crippen LogP) is 5.18. The smallest absolute Gasteiger partial charge is 0.262 e. The van der Waals surface area contributed by atoms with Crippen LogP contribution in [0.15, 0.2) is 46.9 Å². The Balaban J connectivity index is 1.65. The maximum Gasteiger partial charge on any atom is 0.262 e. The maximum absolute atomic E-state index is 13.0. The third-order valence-corrected chi connectivity index (χ3v) is 5.86. The Labute approximate surface area is 180 Å². The average molecular weight is 459 g/mol. The molecule has 29 heavy (non-hydrogen) atoms. The van der Waals surface area contributed by atoms with E-state index in [1.807, 2.05) is 49.2 Å². The van der Waals surface area contributed by atoms with Crippen LogP contribution in [0, 0.1) is 6.92 Å². The number of carbonyl (C=O) groups excluding carboxylic acids is 2. The number of nitrogens with one attached hydrogen (secondary N) is 1. The fourth-order valence-corrected chi connectivity index (χ4v) is 4.18. The van der Waals surface area contributed by atoms with E-state index < -0.39 is 0 Å². The highest BCUT2D eigenvalue weighted by Crippen LogP contribution is 2.25. The van der Waals surface area contributed by atoms with Crippen LogP contribution in [0.5, 0.6) is 5.75 Å². The fourth-order valence-electron chi connectivity index (χ4n) is 3.71. The van der Waals surface area contributed by atoms with Crippen molar-refractivity contribution in [3.8, 4) is 5.75 Å². The topological polar surface area (TPSA) is 58.6 Å². The number of nitrogens with zero attached hydrogens (tertiary/aromatic N) is 1. The van der Waals surface area contributed by atoms with Crippen LogP contribution in [0.25, 0.3) is 0 Å². The van der Waals surface area contributed by atoms with Gasteiger partial charge in [0.2, 0.25) is 0 Å². The molecular formula is C23H27BrN2O3. The van der Waals surface area contributed by atoms with Gasteiger partial charge in [-0.3, -0.25) is 9.59 Å². The number of aryl methyl sites for hydroxylation is 1. The first kappa shape index (κ1) is 21.4. The van der Waals surface area contributed by atoms with Gasteiger partial charge < -0.3 is 15.0 Å². The first-order valence-electron chi connectivity index (χ1n) is 10.0. The minimum Gasteiger partial charge on any atom is -0.483 e. The highest BCUT2D eigenvalue weighted by molar-refractivity contribution is 9.10. The summed E-state index contributed by atoms with van der Waals surface area (Å²) in [6.07, 6.45) is 5.64. The minimum atomic E-state index is -0.298. The number of benzene rings is 2. The van der Waals surface area contributed by atoms with Crippen LogP contribution in [-0.4, -0.2) is 36.4 Å². The third-order valence-electron chi connectivity index (χ3n) is 5.37. The molecule has 0 atom stereocenters. The molecule has 3 rings (SSSR count). The zero-order valence-electron chi connectivity index (χ0n) is 16.9. The van der Waals surface area contributed by atoms with E-state index >= 15 is 0 Å². The molecule has 0 aromatic heterocycles. The monoisotopic (exact) mass is 458 g/mol. The highest BCUT2D eigenvalue weighted by atomic mass is 79.9. The van der Waals surface area contributed by atoms with Gasteiger partial charge in [0.15, 0.2) is 6.61 Å². The van der Waals surface area contributed by atoms with Gasteiger partial charge in [-0.1, -0.05) is 47.3 Å². The third kappa shape index (κ3) is 5.60. The van der Waals surface area contributed by atoms with Gasteiger partial charge in [0.25, 0.3) is 11.8 Å². The van der Waals surface area contributed by atoms with Crippen LogP contribution < -0.4 is 10.1 Å². The molecule has 0 heterocycles. The molecular weight excluding hydrogens is 432 g/mol. The lowest BCUT2D eigenvalue weighted by Gasteiger charge is -2.31. The van der Waals surface area contributed by atoms with Crippen LogP contribution >= 0.6 is 15.9 Å². The van der Waals surface area contributed by atoms with Crippen molar-refractivity contribution in [1.29, 1.82) is 0 Å². The van der Waals surface area contributed by atoms with Crippen molar-refractivity contribution in [2.24, 2.45) is 0 Å². The molecule has 1 aliphatic carbocycles. The van der Waals surface area contributed by atoms with Gasteiger partial charge in [-0.15, -0.1) is 0 Å². The number of para-hydroxylation sites is 1. The van der Waals surface area contributed by atoms with Gasteiger partial charge in [0.1, 0.15) is 5.75 Å². The number of carbonyl (C=O) groups is 2. The van der Waals surface area contributed by atoms with E-state index in [1.54, 1.807) is 12.1 Å². The van der Waals surface area contributed by atoms with Gasteiger partial charge in [0.05, 0.1) is 11.3 Å². The number of anilines is 1. The Hall–Kier alpha value is -2.34. The molecule has 6 heteroatoms. The van der Waals surface area contributed by atoms with E-state index in [0.717, 1.165) is 35.7 Å². The summed E-state index contributed by atoms with van der Waals surface area (Å²) in [6.45, 7) is 1.80. The summed E-state index contributed by atoms with van der Waals surface area (Å²) in [6, 6.07) is 13.0. The van der Waals surface area contributed by atoms with Crippen LogP contribution in [0.4, 0.5) is 5.69 Å². The summed E-state index contributed by atoms with van der Waals surface area (Å²) in [7, 11) is 1.86. The molecule has 1 saturated carbocycles. The predicted molar refractivity (Wildman–Crippen MR) is 118 cm³/mol. The molecule has 154 valence electrons. The fraction of sp³-hybridized carbons (Fsp3) is 0.391. The molecule has 1 fully saturated rings. The van der Waals surface area contributed by atoms with Gasteiger partial charge in [-0.2, -0.15) is 0 Å². The molecule has 5 nitrogen and oxygen atoms in total. The van der Waals surface area contributed by atoms with Crippen molar-refractivity contribution in [3.63, 3.8) is 0 Å². The Kier molecular flexibility index (Phi) is 7.31. The van der Waals surface area contributed by atoms with Gasteiger partial charge in [-0.25, -0.2) is 0 Å². The molecule has 0 spiro atoms. The second-order valence-corrected chi connectivity index (χ2v) is 8.42. The Morgan fingerprint density at radius 1 is 1.14 bits per heavy atom. The lowest BCUT2D eigenvalue weighted by Crippen LogP contribution is -2.38. The molecule has 0 radical (unpaired) electrons. The van der Waals surface area contributed by atoms with Crippen LogP contribution in [0.3, 0.4) is 0 Å². The minimum absolute atomic E-state index is 0.0579. The van der Waals surface area contributed by atoms with E-state index in [-0.39, 0.29) is 24.5 Å². The van der Waals surface area contributed by atoms with Crippen molar-refractivity contribution in [1.82, 2.24) is 4.90 Å². The molecule has 1 N–H and O–H groups in total. The summed E-state index contributed by atoms with van der Waals surface area (Å²) >= 11 is 3.41. The molecule has 0 unspecified atom stereocenters. The summed E-state index contributed by atoms with van der Waals surface area (Å²) in [5, 5.41) is 2.83.